The van der Waals surface area contributed by atoms with E-state index in [2.05, 4.69) is 10.6 Å². The van der Waals surface area contributed by atoms with Crippen LogP contribution in [0.5, 0.6) is 0 Å². The molecule has 9 heteroatoms. The van der Waals surface area contributed by atoms with Gasteiger partial charge in [-0.2, -0.15) is 0 Å². The van der Waals surface area contributed by atoms with Crippen LogP contribution in [-0.4, -0.2) is 67.7 Å². The fourth-order valence-electron chi connectivity index (χ4n) is 1.41. The minimum absolute atomic E-state index is 0.0550. The summed E-state index contributed by atoms with van der Waals surface area (Å²) in [5.74, 6) is -2.20. The highest BCUT2D eigenvalue weighted by Gasteiger charge is 2.19. The van der Waals surface area contributed by atoms with E-state index in [1.165, 1.54) is 0 Å². The molecule has 0 aromatic carbocycles. The third-order valence-electron chi connectivity index (χ3n) is 2.45. The third-order valence-corrected chi connectivity index (χ3v) is 2.45. The first-order valence-electron chi connectivity index (χ1n) is 6.53. The second-order valence-corrected chi connectivity index (χ2v) is 4.18. The van der Waals surface area contributed by atoms with Crippen molar-refractivity contribution in [2.75, 3.05) is 33.5 Å². The second-order valence-electron chi connectivity index (χ2n) is 4.18. The molecule has 0 saturated heterocycles. The molecule has 0 saturated carbocycles. The molecule has 1 atom stereocenters. The van der Waals surface area contributed by atoms with Crippen LogP contribution in [0.3, 0.4) is 0 Å². The highest BCUT2D eigenvalue weighted by Crippen LogP contribution is 2.01. The van der Waals surface area contributed by atoms with E-state index in [4.69, 9.17) is 19.7 Å². The zero-order chi connectivity index (χ0) is 16.1. The van der Waals surface area contributed by atoms with Crippen molar-refractivity contribution in [2.45, 2.75) is 25.3 Å². The molecule has 0 spiro atoms. The Morgan fingerprint density at radius 2 is 1.86 bits per heavy atom. The maximum atomic E-state index is 11.5. The van der Waals surface area contributed by atoms with Gasteiger partial charge in [-0.3, -0.25) is 4.79 Å². The molecule has 0 aromatic rings. The van der Waals surface area contributed by atoms with E-state index in [0.29, 0.717) is 13.2 Å². The molecule has 0 heterocycles. The number of carboxylic acid groups (broad SMARTS) is 2. The van der Waals surface area contributed by atoms with Crippen molar-refractivity contribution in [3.8, 4) is 0 Å². The summed E-state index contributed by atoms with van der Waals surface area (Å²) in [6.07, 6.45) is 0.0898. The highest BCUT2D eigenvalue weighted by atomic mass is 16.5. The number of amides is 2. The van der Waals surface area contributed by atoms with E-state index in [1.807, 2.05) is 0 Å². The Morgan fingerprint density at radius 1 is 1.14 bits per heavy atom. The summed E-state index contributed by atoms with van der Waals surface area (Å²) in [7, 11) is 1.55. The highest BCUT2D eigenvalue weighted by molar-refractivity contribution is 5.82. The number of carboxylic acids is 2. The fourth-order valence-corrected chi connectivity index (χ4v) is 1.41. The van der Waals surface area contributed by atoms with Gasteiger partial charge in [0.15, 0.2) is 0 Å². The monoisotopic (exact) mass is 306 g/mol. The van der Waals surface area contributed by atoms with Crippen molar-refractivity contribution in [2.24, 2.45) is 0 Å². The Kier molecular flexibility index (Phi) is 10.9. The summed E-state index contributed by atoms with van der Waals surface area (Å²) in [5, 5.41) is 22.1. The molecule has 0 aliphatic carbocycles. The number of hydrogen-bond acceptors (Lipinski definition) is 5. The molecule has 0 fully saturated rings. The number of carbonyl (C=O) groups is 3. The lowest BCUT2D eigenvalue weighted by atomic mass is 10.1. The lowest BCUT2D eigenvalue weighted by Gasteiger charge is -2.14. The summed E-state index contributed by atoms with van der Waals surface area (Å²) in [6, 6.07) is -1.74. The van der Waals surface area contributed by atoms with Crippen molar-refractivity contribution in [3.05, 3.63) is 0 Å². The number of carbonyl (C=O) groups excluding carboxylic acids is 1. The number of ether oxygens (including phenoxy) is 2. The number of urea groups is 1. The molecule has 0 aliphatic rings. The van der Waals surface area contributed by atoms with Crippen LogP contribution >= 0.6 is 0 Å². The third kappa shape index (κ3) is 11.6. The number of rotatable bonds is 12. The van der Waals surface area contributed by atoms with Crippen molar-refractivity contribution in [3.63, 3.8) is 0 Å². The molecule has 4 N–H and O–H groups in total. The minimum Gasteiger partial charge on any atom is -0.481 e. The smallest absolute Gasteiger partial charge is 0.326 e. The maximum absolute atomic E-state index is 11.5. The van der Waals surface area contributed by atoms with Crippen molar-refractivity contribution < 1.29 is 34.1 Å². The molecular formula is C12H22N2O7. The minimum atomic E-state index is -1.20. The largest absolute Gasteiger partial charge is 0.481 e. The van der Waals surface area contributed by atoms with Crippen molar-refractivity contribution >= 4 is 18.0 Å². The van der Waals surface area contributed by atoms with Crippen molar-refractivity contribution in [1.82, 2.24) is 10.6 Å². The average Bonchev–Trinajstić information content (AvgIpc) is 2.41. The summed E-state index contributed by atoms with van der Waals surface area (Å²) < 4.78 is 9.89. The van der Waals surface area contributed by atoms with Crippen LogP contribution in [0.1, 0.15) is 19.3 Å². The van der Waals surface area contributed by atoms with Gasteiger partial charge in [0.2, 0.25) is 0 Å². The van der Waals surface area contributed by atoms with Gasteiger partial charge in [-0.25, -0.2) is 9.59 Å². The summed E-state index contributed by atoms with van der Waals surface area (Å²) in [5.41, 5.74) is 0. The molecule has 0 unspecified atom stereocenters. The summed E-state index contributed by atoms with van der Waals surface area (Å²) in [4.78, 5) is 32.7. The molecule has 2 amide bonds. The molecule has 0 rings (SSSR count). The topological polar surface area (TPSA) is 134 Å². The molecular weight excluding hydrogens is 284 g/mol. The Morgan fingerprint density at radius 3 is 2.43 bits per heavy atom. The van der Waals surface area contributed by atoms with Crippen LogP contribution < -0.4 is 10.6 Å². The predicted molar refractivity (Wildman–Crippen MR) is 72.1 cm³/mol. The van der Waals surface area contributed by atoms with E-state index in [0.717, 1.165) is 0 Å². The molecule has 0 bridgehead atoms. The van der Waals surface area contributed by atoms with Gasteiger partial charge < -0.3 is 30.3 Å². The SMILES string of the molecule is COCCOCCNC(=O)N[C@H](CCCC(=O)O)C(=O)O. The van der Waals surface area contributed by atoms with Crippen LogP contribution in [0.25, 0.3) is 0 Å². The second kappa shape index (κ2) is 11.9. The van der Waals surface area contributed by atoms with Gasteiger partial charge in [-0.15, -0.1) is 0 Å². The Balaban J connectivity index is 3.84. The molecule has 9 nitrogen and oxygen atoms in total. The standard InChI is InChI=1S/C12H22N2O7/c1-20-7-8-21-6-5-13-12(19)14-9(11(17)18)3-2-4-10(15)16/h9H,2-8H2,1H3,(H,15,16)(H,17,18)(H2,13,14,19)/t9-/m1/s1. The van der Waals surface area contributed by atoms with E-state index in [9.17, 15) is 14.4 Å². The predicted octanol–water partition coefficient (Wildman–Crippen LogP) is -0.343. The fraction of sp³-hybridized carbons (Fsp3) is 0.750. The quantitative estimate of drug-likeness (QED) is 0.362. The summed E-state index contributed by atoms with van der Waals surface area (Å²) in [6.45, 7) is 1.38. The van der Waals surface area contributed by atoms with Crippen LogP contribution in [-0.2, 0) is 19.1 Å². The van der Waals surface area contributed by atoms with E-state index in [1.54, 1.807) is 7.11 Å². The normalized spacial score (nSPS) is 11.7. The van der Waals surface area contributed by atoms with Gasteiger partial charge in [0.05, 0.1) is 19.8 Å². The van der Waals surface area contributed by atoms with Crippen molar-refractivity contribution in [1.29, 1.82) is 0 Å². The number of aliphatic carboxylic acids is 2. The Labute approximate surface area is 122 Å². The number of nitrogens with one attached hydrogen (secondary N) is 2. The van der Waals surface area contributed by atoms with Gasteiger partial charge in [0, 0.05) is 20.1 Å². The van der Waals surface area contributed by atoms with Crippen LogP contribution in [0, 0.1) is 0 Å². The zero-order valence-corrected chi connectivity index (χ0v) is 12.0. The van der Waals surface area contributed by atoms with Crippen LogP contribution in [0.15, 0.2) is 0 Å². The Bertz CT molecular complexity index is 336. The maximum Gasteiger partial charge on any atom is 0.326 e. The van der Waals surface area contributed by atoms with Crippen LogP contribution in [0.4, 0.5) is 4.79 Å². The lowest BCUT2D eigenvalue weighted by Crippen LogP contribution is -2.46. The first kappa shape index (κ1) is 19.1. The molecule has 0 aromatic heterocycles. The van der Waals surface area contributed by atoms with Crippen LogP contribution in [0.2, 0.25) is 0 Å². The van der Waals surface area contributed by atoms with E-state index < -0.39 is 24.0 Å². The first-order chi connectivity index (χ1) is 9.97. The molecule has 122 valence electrons. The van der Waals surface area contributed by atoms with Gasteiger partial charge in [0.1, 0.15) is 6.04 Å². The Hall–Kier alpha value is -1.87. The molecule has 0 radical (unpaired) electrons. The molecule has 0 aliphatic heterocycles. The van der Waals surface area contributed by atoms with E-state index >= 15 is 0 Å². The lowest BCUT2D eigenvalue weighted by molar-refractivity contribution is -0.140. The van der Waals surface area contributed by atoms with Gasteiger partial charge >= 0.3 is 18.0 Å². The zero-order valence-electron chi connectivity index (χ0n) is 12.0. The van der Waals surface area contributed by atoms with Gasteiger partial charge in [0.25, 0.3) is 0 Å². The van der Waals surface area contributed by atoms with Gasteiger partial charge in [-0.1, -0.05) is 0 Å². The average molecular weight is 306 g/mol. The number of hydrogen-bond donors (Lipinski definition) is 4. The van der Waals surface area contributed by atoms with E-state index in [-0.39, 0.29) is 32.4 Å². The first-order valence-corrected chi connectivity index (χ1v) is 6.53. The molecule has 21 heavy (non-hydrogen) atoms. The number of methoxy groups -OCH3 is 1. The summed E-state index contributed by atoms with van der Waals surface area (Å²) >= 11 is 0. The van der Waals surface area contributed by atoms with Gasteiger partial charge in [-0.05, 0) is 12.8 Å².